The summed E-state index contributed by atoms with van der Waals surface area (Å²) in [6, 6.07) is 3.96. The minimum atomic E-state index is -0.00480. The Kier molecular flexibility index (Phi) is 4.85. The van der Waals surface area contributed by atoms with Crippen LogP contribution < -0.4 is 5.32 Å². The average molecular weight is 317 g/mol. The van der Waals surface area contributed by atoms with Crippen LogP contribution in [0.25, 0.3) is 0 Å². The molecule has 1 atom stereocenters. The molecule has 0 saturated carbocycles. The number of nitrogens with zero attached hydrogens (tertiary/aromatic N) is 2. The van der Waals surface area contributed by atoms with Crippen molar-refractivity contribution in [1.29, 1.82) is 0 Å². The zero-order chi connectivity index (χ0) is 16.3. The number of nitrogens with one attached hydrogen (secondary N) is 1. The van der Waals surface area contributed by atoms with E-state index in [0.717, 1.165) is 50.9 Å². The van der Waals surface area contributed by atoms with Crippen molar-refractivity contribution in [3.8, 4) is 0 Å². The van der Waals surface area contributed by atoms with Gasteiger partial charge in [-0.3, -0.25) is 4.98 Å². The second kappa shape index (κ2) is 6.87. The molecule has 5 nitrogen and oxygen atoms in total. The van der Waals surface area contributed by atoms with Gasteiger partial charge in [0.05, 0.1) is 11.6 Å². The van der Waals surface area contributed by atoms with Crippen LogP contribution in [0, 0.1) is 5.92 Å². The van der Waals surface area contributed by atoms with Crippen molar-refractivity contribution >= 4 is 6.03 Å². The molecular weight excluding hydrogens is 290 g/mol. The Bertz CT molecular complexity index is 516. The minimum absolute atomic E-state index is 0.00480. The van der Waals surface area contributed by atoms with Crippen molar-refractivity contribution in [2.75, 3.05) is 19.7 Å². The molecule has 0 aromatic carbocycles. The molecule has 3 heterocycles. The Balaban J connectivity index is 1.59. The monoisotopic (exact) mass is 317 g/mol. The van der Waals surface area contributed by atoms with E-state index in [1.807, 2.05) is 23.2 Å². The predicted octanol–water partition coefficient (Wildman–Crippen LogP) is 3.13. The van der Waals surface area contributed by atoms with Crippen molar-refractivity contribution in [3.63, 3.8) is 0 Å². The molecular formula is C18H27N3O2. The topological polar surface area (TPSA) is 54.5 Å². The highest BCUT2D eigenvalue weighted by Gasteiger charge is 2.39. The van der Waals surface area contributed by atoms with Crippen LogP contribution >= 0.6 is 0 Å². The highest BCUT2D eigenvalue weighted by molar-refractivity contribution is 5.75. The van der Waals surface area contributed by atoms with Crippen molar-refractivity contribution in [2.24, 2.45) is 5.92 Å². The maximum atomic E-state index is 12.6. The summed E-state index contributed by atoms with van der Waals surface area (Å²) in [6.45, 7) is 6.68. The van der Waals surface area contributed by atoms with Gasteiger partial charge in [-0.05, 0) is 43.2 Å². The standard InChI is InChI=1S/C18H27N3O2/c1-14(2)16(15-5-3-9-19-13-15)20-17(22)21-10-7-18(8-11-21)6-4-12-23-18/h3,5,9,13-14,16H,4,6-8,10-12H2,1-2H3,(H,20,22). The molecule has 1 spiro atoms. The zero-order valence-electron chi connectivity index (χ0n) is 14.1. The van der Waals surface area contributed by atoms with E-state index in [1.54, 1.807) is 6.20 Å². The van der Waals surface area contributed by atoms with Crippen LogP contribution in [0.15, 0.2) is 24.5 Å². The smallest absolute Gasteiger partial charge is 0.317 e. The lowest BCUT2D eigenvalue weighted by Crippen LogP contribution is -2.50. The maximum Gasteiger partial charge on any atom is 0.317 e. The van der Waals surface area contributed by atoms with Gasteiger partial charge >= 0.3 is 6.03 Å². The molecule has 0 aliphatic carbocycles. The summed E-state index contributed by atoms with van der Waals surface area (Å²) in [4.78, 5) is 18.7. The molecule has 0 radical (unpaired) electrons. The lowest BCUT2D eigenvalue weighted by Gasteiger charge is -2.39. The number of likely N-dealkylation sites (tertiary alicyclic amines) is 1. The van der Waals surface area contributed by atoms with E-state index in [2.05, 4.69) is 24.1 Å². The molecule has 5 heteroatoms. The van der Waals surface area contributed by atoms with Crippen LogP contribution in [-0.2, 0) is 4.74 Å². The SMILES string of the molecule is CC(C)C(NC(=O)N1CCC2(CCCO2)CC1)c1cccnc1. The van der Waals surface area contributed by atoms with Gasteiger partial charge in [0.25, 0.3) is 0 Å². The summed E-state index contributed by atoms with van der Waals surface area (Å²) in [5.74, 6) is 0.317. The van der Waals surface area contributed by atoms with Gasteiger partial charge < -0.3 is 15.0 Å². The third kappa shape index (κ3) is 3.66. The Hall–Kier alpha value is -1.62. The summed E-state index contributed by atoms with van der Waals surface area (Å²) in [5.41, 5.74) is 1.11. The first-order chi connectivity index (χ1) is 11.1. The van der Waals surface area contributed by atoms with Gasteiger partial charge in [-0.2, -0.15) is 0 Å². The van der Waals surface area contributed by atoms with Gasteiger partial charge in [-0.25, -0.2) is 4.79 Å². The van der Waals surface area contributed by atoms with Crippen molar-refractivity contribution in [1.82, 2.24) is 15.2 Å². The molecule has 23 heavy (non-hydrogen) atoms. The summed E-state index contributed by atoms with van der Waals surface area (Å²) in [6.07, 6.45) is 7.81. The number of ether oxygens (including phenoxy) is 1. The molecule has 126 valence electrons. The Labute approximate surface area is 138 Å². The maximum absolute atomic E-state index is 12.6. The van der Waals surface area contributed by atoms with E-state index in [9.17, 15) is 4.79 Å². The molecule has 2 aliphatic heterocycles. The predicted molar refractivity (Wildman–Crippen MR) is 89.1 cm³/mol. The Morgan fingerprint density at radius 1 is 1.35 bits per heavy atom. The number of aromatic nitrogens is 1. The number of hydrogen-bond acceptors (Lipinski definition) is 3. The van der Waals surface area contributed by atoms with Crippen molar-refractivity contribution < 1.29 is 9.53 Å². The number of pyridine rings is 1. The van der Waals surface area contributed by atoms with E-state index in [-0.39, 0.29) is 17.7 Å². The molecule has 1 N–H and O–H groups in total. The van der Waals surface area contributed by atoms with Gasteiger partial charge in [0.15, 0.2) is 0 Å². The molecule has 1 aromatic heterocycles. The first-order valence-corrected chi connectivity index (χ1v) is 8.69. The van der Waals surface area contributed by atoms with Crippen LogP contribution in [0.5, 0.6) is 0 Å². The molecule has 3 rings (SSSR count). The number of carbonyl (C=O) groups excluding carboxylic acids is 1. The van der Waals surface area contributed by atoms with Crippen LogP contribution in [0.2, 0.25) is 0 Å². The summed E-state index contributed by atoms with van der Waals surface area (Å²) < 4.78 is 5.93. The minimum Gasteiger partial charge on any atom is -0.375 e. The second-order valence-corrected chi connectivity index (χ2v) is 7.08. The van der Waals surface area contributed by atoms with Crippen LogP contribution in [0.4, 0.5) is 4.79 Å². The fourth-order valence-electron chi connectivity index (χ4n) is 3.69. The number of rotatable bonds is 3. The van der Waals surface area contributed by atoms with Crippen molar-refractivity contribution in [3.05, 3.63) is 30.1 Å². The number of urea groups is 1. The normalized spacial score (nSPS) is 21.6. The Morgan fingerprint density at radius 3 is 2.70 bits per heavy atom. The molecule has 1 unspecified atom stereocenters. The number of amides is 2. The molecule has 1 aromatic rings. The van der Waals surface area contributed by atoms with Gasteiger partial charge in [0.2, 0.25) is 0 Å². The van der Waals surface area contributed by atoms with E-state index in [4.69, 9.17) is 4.74 Å². The fourth-order valence-corrected chi connectivity index (χ4v) is 3.69. The Morgan fingerprint density at radius 2 is 2.13 bits per heavy atom. The third-order valence-corrected chi connectivity index (χ3v) is 5.14. The van der Waals surface area contributed by atoms with E-state index in [1.165, 1.54) is 0 Å². The number of hydrogen-bond donors (Lipinski definition) is 1. The van der Waals surface area contributed by atoms with Crippen LogP contribution in [0.1, 0.15) is 51.1 Å². The second-order valence-electron chi connectivity index (χ2n) is 7.08. The zero-order valence-corrected chi connectivity index (χ0v) is 14.1. The van der Waals surface area contributed by atoms with Gasteiger partial charge in [-0.15, -0.1) is 0 Å². The molecule has 2 aliphatic rings. The lowest BCUT2D eigenvalue weighted by molar-refractivity contribution is -0.0363. The molecule has 2 saturated heterocycles. The summed E-state index contributed by atoms with van der Waals surface area (Å²) in [5, 5.41) is 3.19. The number of carbonyl (C=O) groups is 1. The third-order valence-electron chi connectivity index (χ3n) is 5.14. The molecule has 0 bridgehead atoms. The summed E-state index contributed by atoms with van der Waals surface area (Å²) in [7, 11) is 0. The van der Waals surface area contributed by atoms with Gasteiger partial charge in [-0.1, -0.05) is 19.9 Å². The highest BCUT2D eigenvalue weighted by Crippen LogP contribution is 2.35. The van der Waals surface area contributed by atoms with E-state index < -0.39 is 0 Å². The first-order valence-electron chi connectivity index (χ1n) is 8.69. The quantitative estimate of drug-likeness (QED) is 0.932. The van der Waals surface area contributed by atoms with Gasteiger partial charge in [0, 0.05) is 32.1 Å². The number of piperidine rings is 1. The van der Waals surface area contributed by atoms with Crippen LogP contribution in [-0.4, -0.2) is 41.2 Å². The first kappa shape index (κ1) is 16.2. The molecule has 2 amide bonds. The summed E-state index contributed by atoms with van der Waals surface area (Å²) >= 11 is 0. The van der Waals surface area contributed by atoms with E-state index in [0.29, 0.717) is 5.92 Å². The average Bonchev–Trinajstić information content (AvgIpc) is 3.01. The van der Waals surface area contributed by atoms with Crippen LogP contribution in [0.3, 0.4) is 0 Å². The fraction of sp³-hybridized carbons (Fsp3) is 0.667. The molecule has 2 fully saturated rings. The van der Waals surface area contributed by atoms with Crippen molar-refractivity contribution in [2.45, 2.75) is 51.2 Å². The highest BCUT2D eigenvalue weighted by atomic mass is 16.5. The van der Waals surface area contributed by atoms with Gasteiger partial charge in [0.1, 0.15) is 0 Å². The largest absolute Gasteiger partial charge is 0.375 e. The van der Waals surface area contributed by atoms with E-state index >= 15 is 0 Å². The lowest BCUT2D eigenvalue weighted by atomic mass is 9.89.